The number of ether oxygens (including phenoxy) is 1. The molecule has 0 aliphatic carbocycles. The number of hydrogen-bond acceptors (Lipinski definition) is 4. The van der Waals surface area contributed by atoms with Crippen LogP contribution in [0.3, 0.4) is 0 Å². The van der Waals surface area contributed by atoms with E-state index in [1.54, 1.807) is 12.1 Å². The van der Waals surface area contributed by atoms with Crippen LogP contribution in [0.2, 0.25) is 0 Å². The summed E-state index contributed by atoms with van der Waals surface area (Å²) in [5.41, 5.74) is 1.02. The summed E-state index contributed by atoms with van der Waals surface area (Å²) < 4.78 is 5.47. The summed E-state index contributed by atoms with van der Waals surface area (Å²) in [6.07, 6.45) is 2.12. The minimum atomic E-state index is -0.341. The molecule has 2 heterocycles. The Bertz CT molecular complexity index is 836. The number of benzene rings is 2. The van der Waals surface area contributed by atoms with Gasteiger partial charge in [-0.2, -0.15) is 0 Å². The van der Waals surface area contributed by atoms with Gasteiger partial charge in [0.05, 0.1) is 6.10 Å². The molecule has 0 saturated carbocycles. The molecule has 0 radical (unpaired) electrons. The topological polar surface area (TPSA) is 75.7 Å². The van der Waals surface area contributed by atoms with E-state index in [0.29, 0.717) is 23.1 Å². The molecule has 2 aliphatic rings. The van der Waals surface area contributed by atoms with Gasteiger partial charge in [0.25, 0.3) is 11.8 Å². The van der Waals surface area contributed by atoms with Crippen molar-refractivity contribution in [2.75, 3.05) is 19.7 Å². The van der Waals surface area contributed by atoms with E-state index in [-0.39, 0.29) is 36.8 Å². The molecule has 2 aliphatic heterocycles. The summed E-state index contributed by atoms with van der Waals surface area (Å²) in [5.74, 6) is -0.865. The van der Waals surface area contributed by atoms with Crippen molar-refractivity contribution in [1.29, 1.82) is 0 Å². The molecule has 1 atom stereocenters. The van der Waals surface area contributed by atoms with Crippen LogP contribution in [0.1, 0.15) is 40.0 Å². The third-order valence-corrected chi connectivity index (χ3v) is 4.97. The third-order valence-electron chi connectivity index (χ3n) is 4.97. The lowest BCUT2D eigenvalue weighted by molar-refractivity contribution is -0.121. The number of rotatable bonds is 5. The number of amides is 3. The summed E-state index contributed by atoms with van der Waals surface area (Å²) in [6.45, 7) is 1.28. The van der Waals surface area contributed by atoms with Gasteiger partial charge in [0.2, 0.25) is 5.91 Å². The SMILES string of the molecule is O=C(CCN1C(=O)c2cccc3cccc(c23)C1=O)NC[C@H]1CCCO1. The Morgan fingerprint density at radius 3 is 2.42 bits per heavy atom. The highest BCUT2D eigenvalue weighted by Gasteiger charge is 2.32. The molecule has 2 aromatic rings. The maximum Gasteiger partial charge on any atom is 0.261 e. The molecule has 0 bridgehead atoms. The highest BCUT2D eigenvalue weighted by atomic mass is 16.5. The molecule has 0 unspecified atom stereocenters. The van der Waals surface area contributed by atoms with Gasteiger partial charge in [-0.3, -0.25) is 19.3 Å². The number of imide groups is 1. The van der Waals surface area contributed by atoms with Crippen molar-refractivity contribution < 1.29 is 19.1 Å². The summed E-state index contributed by atoms with van der Waals surface area (Å²) in [4.78, 5) is 38.7. The molecular formula is C20H20N2O4. The second-order valence-electron chi connectivity index (χ2n) is 6.66. The summed E-state index contributed by atoms with van der Waals surface area (Å²) in [5, 5.41) is 4.39. The van der Waals surface area contributed by atoms with Gasteiger partial charge < -0.3 is 10.1 Å². The molecular weight excluding hydrogens is 332 g/mol. The van der Waals surface area contributed by atoms with Crippen molar-refractivity contribution in [3.8, 4) is 0 Å². The molecule has 1 saturated heterocycles. The van der Waals surface area contributed by atoms with Crippen LogP contribution in [-0.4, -0.2) is 48.4 Å². The first-order valence-electron chi connectivity index (χ1n) is 8.91. The zero-order chi connectivity index (χ0) is 18.1. The second kappa shape index (κ2) is 6.88. The van der Waals surface area contributed by atoms with Gasteiger partial charge in [0.15, 0.2) is 0 Å². The minimum absolute atomic E-state index is 0.0692. The van der Waals surface area contributed by atoms with Crippen LogP contribution >= 0.6 is 0 Å². The summed E-state index contributed by atoms with van der Waals surface area (Å²) in [6, 6.07) is 10.8. The number of nitrogens with zero attached hydrogens (tertiary/aromatic N) is 1. The Balaban J connectivity index is 1.45. The molecule has 1 fully saturated rings. The van der Waals surface area contributed by atoms with E-state index >= 15 is 0 Å². The molecule has 0 spiro atoms. The molecule has 3 amide bonds. The molecule has 1 N–H and O–H groups in total. The molecule has 4 rings (SSSR count). The van der Waals surface area contributed by atoms with Crippen molar-refractivity contribution >= 4 is 28.5 Å². The van der Waals surface area contributed by atoms with Gasteiger partial charge in [-0.05, 0) is 30.4 Å². The van der Waals surface area contributed by atoms with Crippen LogP contribution in [0.25, 0.3) is 10.8 Å². The van der Waals surface area contributed by atoms with E-state index in [2.05, 4.69) is 5.32 Å². The van der Waals surface area contributed by atoms with Crippen LogP contribution < -0.4 is 5.32 Å². The lowest BCUT2D eigenvalue weighted by Gasteiger charge is -2.27. The lowest BCUT2D eigenvalue weighted by Crippen LogP contribution is -2.42. The van der Waals surface area contributed by atoms with Crippen LogP contribution in [0, 0.1) is 0 Å². The predicted molar refractivity (Wildman–Crippen MR) is 95.9 cm³/mol. The van der Waals surface area contributed by atoms with E-state index in [4.69, 9.17) is 4.74 Å². The minimum Gasteiger partial charge on any atom is -0.376 e. The molecule has 6 heteroatoms. The maximum atomic E-state index is 12.7. The van der Waals surface area contributed by atoms with Gasteiger partial charge in [-0.25, -0.2) is 0 Å². The smallest absolute Gasteiger partial charge is 0.261 e. The molecule has 0 aromatic heterocycles. The zero-order valence-corrected chi connectivity index (χ0v) is 14.4. The number of carbonyl (C=O) groups excluding carboxylic acids is 3. The standard InChI is InChI=1S/C20H20N2O4/c23-17(21-12-14-6-3-11-26-14)9-10-22-19(24)15-7-1-4-13-5-2-8-16(18(13)15)20(22)25/h1-2,4-5,7-8,14H,3,6,9-12H2,(H,21,23)/t14-/m1/s1. The zero-order valence-electron chi connectivity index (χ0n) is 14.4. The van der Waals surface area contributed by atoms with Gasteiger partial charge in [0.1, 0.15) is 0 Å². The Labute approximate surface area is 151 Å². The van der Waals surface area contributed by atoms with Crippen molar-refractivity contribution in [2.45, 2.75) is 25.4 Å². The summed E-state index contributed by atoms with van der Waals surface area (Å²) in [7, 11) is 0. The van der Waals surface area contributed by atoms with Crippen LogP contribution in [0.15, 0.2) is 36.4 Å². The van der Waals surface area contributed by atoms with Crippen LogP contribution in [0.5, 0.6) is 0 Å². The first kappa shape index (κ1) is 16.7. The number of nitrogens with one attached hydrogen (secondary N) is 1. The van der Waals surface area contributed by atoms with E-state index in [9.17, 15) is 14.4 Å². The molecule has 2 aromatic carbocycles. The maximum absolute atomic E-state index is 12.7. The van der Waals surface area contributed by atoms with Gasteiger partial charge >= 0.3 is 0 Å². The highest BCUT2D eigenvalue weighted by molar-refractivity contribution is 6.25. The van der Waals surface area contributed by atoms with Crippen molar-refractivity contribution in [3.05, 3.63) is 47.5 Å². The summed E-state index contributed by atoms with van der Waals surface area (Å²) >= 11 is 0. The Hall–Kier alpha value is -2.73. The van der Waals surface area contributed by atoms with Gasteiger partial charge in [0, 0.05) is 42.6 Å². The third kappa shape index (κ3) is 2.97. The average Bonchev–Trinajstić information content (AvgIpc) is 3.18. The van der Waals surface area contributed by atoms with Gasteiger partial charge in [-0.1, -0.05) is 24.3 Å². The van der Waals surface area contributed by atoms with E-state index in [1.807, 2.05) is 24.3 Å². The molecule has 6 nitrogen and oxygen atoms in total. The Morgan fingerprint density at radius 2 is 1.81 bits per heavy atom. The molecule has 26 heavy (non-hydrogen) atoms. The quantitative estimate of drug-likeness (QED) is 0.837. The fraction of sp³-hybridized carbons (Fsp3) is 0.350. The van der Waals surface area contributed by atoms with E-state index < -0.39 is 0 Å². The fourth-order valence-electron chi connectivity index (χ4n) is 3.62. The van der Waals surface area contributed by atoms with Crippen molar-refractivity contribution in [2.24, 2.45) is 0 Å². The average molecular weight is 352 g/mol. The highest BCUT2D eigenvalue weighted by Crippen LogP contribution is 2.29. The van der Waals surface area contributed by atoms with Gasteiger partial charge in [-0.15, -0.1) is 0 Å². The Kier molecular flexibility index (Phi) is 4.42. The van der Waals surface area contributed by atoms with Crippen molar-refractivity contribution in [3.63, 3.8) is 0 Å². The number of hydrogen-bond donors (Lipinski definition) is 1. The van der Waals surface area contributed by atoms with Crippen molar-refractivity contribution in [1.82, 2.24) is 10.2 Å². The first-order chi connectivity index (χ1) is 12.6. The van der Waals surface area contributed by atoms with Crippen LogP contribution in [0.4, 0.5) is 0 Å². The second-order valence-corrected chi connectivity index (χ2v) is 6.66. The number of carbonyl (C=O) groups is 3. The van der Waals surface area contributed by atoms with Crippen LogP contribution in [-0.2, 0) is 9.53 Å². The van der Waals surface area contributed by atoms with E-state index in [1.165, 1.54) is 4.90 Å². The lowest BCUT2D eigenvalue weighted by atomic mass is 9.94. The Morgan fingerprint density at radius 1 is 1.12 bits per heavy atom. The molecule has 134 valence electrons. The fourth-order valence-corrected chi connectivity index (χ4v) is 3.62. The largest absolute Gasteiger partial charge is 0.376 e. The normalized spacial score (nSPS) is 19.2. The predicted octanol–water partition coefficient (Wildman–Crippen LogP) is 2.12. The van der Waals surface area contributed by atoms with E-state index in [0.717, 1.165) is 24.8 Å². The first-order valence-corrected chi connectivity index (χ1v) is 8.91. The monoisotopic (exact) mass is 352 g/mol.